The van der Waals surface area contributed by atoms with Gasteiger partial charge in [-0.1, -0.05) is 0 Å². The van der Waals surface area contributed by atoms with Crippen molar-refractivity contribution in [3.8, 4) is 0 Å². The minimum atomic E-state index is -0.976. The number of anilines is 1. The molecule has 18 heavy (non-hydrogen) atoms. The molecule has 1 unspecified atom stereocenters. The molecular formula is C13H13N3O2. The molecule has 0 fully saturated rings. The van der Waals surface area contributed by atoms with Crippen LogP contribution in [0.4, 0.5) is 5.82 Å². The summed E-state index contributed by atoms with van der Waals surface area (Å²) >= 11 is 0. The first kappa shape index (κ1) is 12.0. The molecule has 0 saturated carbocycles. The van der Waals surface area contributed by atoms with Crippen LogP contribution in [0, 0.1) is 0 Å². The van der Waals surface area contributed by atoms with E-state index < -0.39 is 5.97 Å². The highest BCUT2D eigenvalue weighted by Gasteiger charge is 2.07. The SMILES string of the molecule is CC(Nc1ccc(C(=O)O)cn1)c1ccncc1. The van der Waals surface area contributed by atoms with Crippen molar-refractivity contribution in [1.82, 2.24) is 9.97 Å². The molecule has 2 heterocycles. The van der Waals surface area contributed by atoms with Gasteiger partial charge in [0.05, 0.1) is 11.6 Å². The molecule has 92 valence electrons. The van der Waals surface area contributed by atoms with Crippen molar-refractivity contribution >= 4 is 11.8 Å². The zero-order valence-electron chi connectivity index (χ0n) is 9.87. The second-order valence-corrected chi connectivity index (χ2v) is 3.88. The maximum atomic E-state index is 10.7. The van der Waals surface area contributed by atoms with E-state index in [2.05, 4.69) is 15.3 Å². The topological polar surface area (TPSA) is 75.1 Å². The van der Waals surface area contributed by atoms with Gasteiger partial charge in [-0.05, 0) is 36.8 Å². The molecule has 0 aliphatic heterocycles. The molecule has 0 spiro atoms. The molecule has 0 amide bonds. The van der Waals surface area contributed by atoms with Crippen LogP contribution in [-0.4, -0.2) is 21.0 Å². The van der Waals surface area contributed by atoms with Crippen LogP contribution in [0.5, 0.6) is 0 Å². The van der Waals surface area contributed by atoms with Gasteiger partial charge in [0.25, 0.3) is 0 Å². The van der Waals surface area contributed by atoms with E-state index in [4.69, 9.17) is 5.11 Å². The molecule has 0 bridgehead atoms. The highest BCUT2D eigenvalue weighted by atomic mass is 16.4. The van der Waals surface area contributed by atoms with Crippen LogP contribution in [-0.2, 0) is 0 Å². The third-order valence-corrected chi connectivity index (χ3v) is 2.58. The van der Waals surface area contributed by atoms with Gasteiger partial charge < -0.3 is 10.4 Å². The first-order chi connectivity index (χ1) is 8.66. The third kappa shape index (κ3) is 2.82. The maximum absolute atomic E-state index is 10.7. The average molecular weight is 243 g/mol. The van der Waals surface area contributed by atoms with Crippen molar-refractivity contribution in [1.29, 1.82) is 0 Å². The molecule has 5 heteroatoms. The summed E-state index contributed by atoms with van der Waals surface area (Å²) in [6.45, 7) is 2.00. The number of aromatic nitrogens is 2. The number of rotatable bonds is 4. The zero-order valence-corrected chi connectivity index (χ0v) is 9.87. The first-order valence-corrected chi connectivity index (χ1v) is 5.52. The van der Waals surface area contributed by atoms with Crippen LogP contribution in [0.15, 0.2) is 42.9 Å². The minimum Gasteiger partial charge on any atom is -0.478 e. The number of hydrogen-bond acceptors (Lipinski definition) is 4. The highest BCUT2D eigenvalue weighted by molar-refractivity contribution is 5.87. The molecule has 0 radical (unpaired) electrons. The number of carbonyl (C=O) groups is 1. The van der Waals surface area contributed by atoms with Gasteiger partial charge in [-0.25, -0.2) is 9.78 Å². The van der Waals surface area contributed by atoms with Crippen LogP contribution >= 0.6 is 0 Å². The van der Waals surface area contributed by atoms with Gasteiger partial charge in [0, 0.05) is 18.6 Å². The predicted octanol–water partition coefficient (Wildman–Crippen LogP) is 2.35. The Bertz CT molecular complexity index is 526. The fourth-order valence-corrected chi connectivity index (χ4v) is 1.56. The normalized spacial score (nSPS) is 11.8. The van der Waals surface area contributed by atoms with Crippen LogP contribution in [0.3, 0.4) is 0 Å². The summed E-state index contributed by atoms with van der Waals surface area (Å²) in [5, 5.41) is 12.0. The molecule has 2 aromatic heterocycles. The lowest BCUT2D eigenvalue weighted by Crippen LogP contribution is -2.08. The number of nitrogens with one attached hydrogen (secondary N) is 1. The Morgan fingerprint density at radius 1 is 1.28 bits per heavy atom. The Balaban J connectivity index is 2.08. The van der Waals surface area contributed by atoms with Crippen LogP contribution in [0.25, 0.3) is 0 Å². The number of carboxylic acid groups (broad SMARTS) is 1. The highest BCUT2D eigenvalue weighted by Crippen LogP contribution is 2.16. The van der Waals surface area contributed by atoms with Gasteiger partial charge in [0.2, 0.25) is 0 Å². The molecular weight excluding hydrogens is 230 g/mol. The summed E-state index contributed by atoms with van der Waals surface area (Å²) in [5.41, 5.74) is 1.27. The third-order valence-electron chi connectivity index (χ3n) is 2.58. The Kier molecular flexibility index (Phi) is 3.52. The lowest BCUT2D eigenvalue weighted by atomic mass is 10.1. The van der Waals surface area contributed by atoms with Gasteiger partial charge in [-0.15, -0.1) is 0 Å². The van der Waals surface area contributed by atoms with Crippen molar-refractivity contribution in [2.45, 2.75) is 13.0 Å². The summed E-state index contributed by atoms with van der Waals surface area (Å²) in [6, 6.07) is 7.10. The Morgan fingerprint density at radius 2 is 2.00 bits per heavy atom. The molecule has 2 aromatic rings. The zero-order chi connectivity index (χ0) is 13.0. The van der Waals surface area contributed by atoms with E-state index in [1.807, 2.05) is 19.1 Å². The number of aromatic carboxylic acids is 1. The fraction of sp³-hybridized carbons (Fsp3) is 0.154. The summed E-state index contributed by atoms with van der Waals surface area (Å²) in [6.07, 6.45) is 4.80. The van der Waals surface area contributed by atoms with Gasteiger partial charge in [-0.3, -0.25) is 4.98 Å². The number of pyridine rings is 2. The van der Waals surface area contributed by atoms with Gasteiger partial charge >= 0.3 is 5.97 Å². The molecule has 0 aromatic carbocycles. The van der Waals surface area contributed by atoms with Gasteiger partial charge in [0.15, 0.2) is 0 Å². The van der Waals surface area contributed by atoms with E-state index in [1.54, 1.807) is 18.5 Å². The second kappa shape index (κ2) is 5.27. The lowest BCUT2D eigenvalue weighted by Gasteiger charge is -2.14. The van der Waals surface area contributed by atoms with Crippen molar-refractivity contribution < 1.29 is 9.90 Å². The smallest absolute Gasteiger partial charge is 0.337 e. The van der Waals surface area contributed by atoms with Gasteiger partial charge in [-0.2, -0.15) is 0 Å². The van der Waals surface area contributed by atoms with E-state index in [-0.39, 0.29) is 11.6 Å². The quantitative estimate of drug-likeness (QED) is 0.862. The summed E-state index contributed by atoms with van der Waals surface area (Å²) in [7, 11) is 0. The van der Waals surface area contributed by atoms with Crippen molar-refractivity contribution in [2.75, 3.05) is 5.32 Å². The molecule has 0 aliphatic carbocycles. The fourth-order valence-electron chi connectivity index (χ4n) is 1.56. The van der Waals surface area contributed by atoms with E-state index in [0.29, 0.717) is 5.82 Å². The average Bonchev–Trinajstić information content (AvgIpc) is 2.40. The number of nitrogens with zero attached hydrogens (tertiary/aromatic N) is 2. The predicted molar refractivity (Wildman–Crippen MR) is 67.5 cm³/mol. The molecule has 2 rings (SSSR count). The van der Waals surface area contributed by atoms with E-state index in [1.165, 1.54) is 12.3 Å². The summed E-state index contributed by atoms with van der Waals surface area (Å²) in [5.74, 6) is -0.333. The van der Waals surface area contributed by atoms with Crippen molar-refractivity contribution in [2.24, 2.45) is 0 Å². The molecule has 1 atom stereocenters. The second-order valence-electron chi connectivity index (χ2n) is 3.88. The molecule has 0 aliphatic rings. The van der Waals surface area contributed by atoms with Crippen LogP contribution in [0.2, 0.25) is 0 Å². The number of hydrogen-bond donors (Lipinski definition) is 2. The Hall–Kier alpha value is -2.43. The monoisotopic (exact) mass is 243 g/mol. The Labute approximate surface area is 105 Å². The van der Waals surface area contributed by atoms with Crippen molar-refractivity contribution in [3.63, 3.8) is 0 Å². The maximum Gasteiger partial charge on any atom is 0.337 e. The van der Waals surface area contributed by atoms with E-state index in [9.17, 15) is 4.79 Å². The molecule has 2 N–H and O–H groups in total. The van der Waals surface area contributed by atoms with Crippen molar-refractivity contribution in [3.05, 3.63) is 54.0 Å². The lowest BCUT2D eigenvalue weighted by molar-refractivity contribution is 0.0696. The largest absolute Gasteiger partial charge is 0.478 e. The van der Waals surface area contributed by atoms with E-state index >= 15 is 0 Å². The summed E-state index contributed by atoms with van der Waals surface area (Å²) in [4.78, 5) is 18.7. The summed E-state index contributed by atoms with van der Waals surface area (Å²) < 4.78 is 0. The van der Waals surface area contributed by atoms with Crippen LogP contribution in [0.1, 0.15) is 28.9 Å². The standard InChI is InChI=1S/C13H13N3O2/c1-9(10-4-6-14-7-5-10)16-12-3-2-11(8-15-12)13(17)18/h2-9H,1H3,(H,15,16)(H,17,18). The van der Waals surface area contributed by atoms with E-state index in [0.717, 1.165) is 5.56 Å². The number of carboxylic acids is 1. The van der Waals surface area contributed by atoms with Crippen LogP contribution < -0.4 is 5.32 Å². The van der Waals surface area contributed by atoms with Gasteiger partial charge in [0.1, 0.15) is 5.82 Å². The minimum absolute atomic E-state index is 0.0798. The Morgan fingerprint density at radius 3 is 2.56 bits per heavy atom. The first-order valence-electron chi connectivity index (χ1n) is 5.52. The molecule has 5 nitrogen and oxygen atoms in total. The molecule has 0 saturated heterocycles.